The van der Waals surface area contributed by atoms with E-state index in [1.54, 1.807) is 6.33 Å². The maximum Gasteiger partial charge on any atom is 0.137 e. The second-order valence-electron chi connectivity index (χ2n) is 5.69. The van der Waals surface area contributed by atoms with E-state index in [1.165, 1.54) is 31.2 Å². The number of rotatable bonds is 5. The van der Waals surface area contributed by atoms with Crippen molar-refractivity contribution in [1.29, 1.82) is 0 Å². The van der Waals surface area contributed by atoms with Crippen LogP contribution in [0.4, 0.5) is 11.6 Å². The summed E-state index contributed by atoms with van der Waals surface area (Å²) in [5.41, 5.74) is 1.25. The average Bonchev–Trinajstić information content (AvgIpc) is 2.91. The van der Waals surface area contributed by atoms with Gasteiger partial charge in [0, 0.05) is 25.2 Å². The van der Waals surface area contributed by atoms with Crippen LogP contribution in [-0.2, 0) is 0 Å². The van der Waals surface area contributed by atoms with Crippen LogP contribution in [0.25, 0.3) is 0 Å². The van der Waals surface area contributed by atoms with E-state index in [2.05, 4.69) is 48.0 Å². The highest BCUT2D eigenvalue weighted by Crippen LogP contribution is 2.34. The molecule has 2 rings (SSSR count). The summed E-state index contributed by atoms with van der Waals surface area (Å²) in [6.45, 7) is 7.42. The molecule has 0 atom stereocenters. The van der Waals surface area contributed by atoms with Gasteiger partial charge in [-0.25, -0.2) is 9.97 Å². The summed E-state index contributed by atoms with van der Waals surface area (Å²) >= 11 is 0. The Kier molecular flexibility index (Phi) is 4.61. The number of aromatic nitrogens is 2. The molecule has 1 aliphatic rings. The lowest BCUT2D eigenvalue weighted by atomic mass is 10.0. The van der Waals surface area contributed by atoms with Crippen LogP contribution in [-0.4, -0.2) is 29.6 Å². The summed E-state index contributed by atoms with van der Waals surface area (Å²) in [5, 5.41) is 3.37. The molecule has 1 fully saturated rings. The summed E-state index contributed by atoms with van der Waals surface area (Å²) in [6.07, 6.45) is 6.95. The van der Waals surface area contributed by atoms with Crippen molar-refractivity contribution in [2.24, 2.45) is 0 Å². The van der Waals surface area contributed by atoms with Crippen molar-refractivity contribution < 1.29 is 0 Å². The topological polar surface area (TPSA) is 41.1 Å². The van der Waals surface area contributed by atoms with Crippen LogP contribution in [0.1, 0.15) is 57.9 Å². The number of hydrogen-bond donors (Lipinski definition) is 1. The van der Waals surface area contributed by atoms with Gasteiger partial charge in [-0.2, -0.15) is 0 Å². The molecule has 0 radical (unpaired) electrons. The molecule has 19 heavy (non-hydrogen) atoms. The second-order valence-corrected chi connectivity index (χ2v) is 5.69. The normalized spacial score (nSPS) is 16.1. The lowest BCUT2D eigenvalue weighted by Crippen LogP contribution is -2.31. The predicted molar refractivity (Wildman–Crippen MR) is 80.9 cm³/mol. The molecule has 1 aromatic rings. The lowest BCUT2D eigenvalue weighted by molar-refractivity contribution is 0.639. The zero-order valence-corrected chi connectivity index (χ0v) is 12.6. The van der Waals surface area contributed by atoms with Gasteiger partial charge in [0.15, 0.2) is 0 Å². The number of anilines is 2. The smallest absolute Gasteiger partial charge is 0.137 e. The molecule has 0 amide bonds. The van der Waals surface area contributed by atoms with Gasteiger partial charge < -0.3 is 10.2 Å². The van der Waals surface area contributed by atoms with Gasteiger partial charge >= 0.3 is 0 Å². The van der Waals surface area contributed by atoms with E-state index in [0.717, 1.165) is 18.2 Å². The van der Waals surface area contributed by atoms with Gasteiger partial charge in [-0.1, -0.05) is 26.7 Å². The van der Waals surface area contributed by atoms with Gasteiger partial charge in [0.25, 0.3) is 0 Å². The molecule has 0 saturated heterocycles. The monoisotopic (exact) mass is 262 g/mol. The first-order valence-electron chi connectivity index (χ1n) is 7.46. The summed E-state index contributed by atoms with van der Waals surface area (Å²) in [7, 11) is 2.18. The fraction of sp³-hybridized carbons (Fsp3) is 0.733. The average molecular weight is 262 g/mol. The molecule has 0 aliphatic heterocycles. The highest BCUT2D eigenvalue weighted by molar-refractivity contribution is 5.60. The van der Waals surface area contributed by atoms with Gasteiger partial charge in [-0.05, 0) is 25.7 Å². The Morgan fingerprint density at radius 2 is 2.00 bits per heavy atom. The van der Waals surface area contributed by atoms with Crippen LogP contribution in [0.15, 0.2) is 6.33 Å². The first-order chi connectivity index (χ1) is 9.15. The number of nitrogens with zero attached hydrogens (tertiary/aromatic N) is 3. The van der Waals surface area contributed by atoms with E-state index in [4.69, 9.17) is 0 Å². The van der Waals surface area contributed by atoms with Gasteiger partial charge in [0.05, 0.1) is 0 Å². The third kappa shape index (κ3) is 2.99. The molecular weight excluding hydrogens is 236 g/mol. The fourth-order valence-corrected chi connectivity index (χ4v) is 2.97. The third-order valence-corrected chi connectivity index (χ3v) is 3.99. The van der Waals surface area contributed by atoms with E-state index in [9.17, 15) is 0 Å². The minimum atomic E-state index is 0.425. The molecule has 106 valence electrons. The molecule has 4 nitrogen and oxygen atoms in total. The van der Waals surface area contributed by atoms with Crippen LogP contribution in [0.3, 0.4) is 0 Å². The largest absolute Gasteiger partial charge is 0.370 e. The van der Waals surface area contributed by atoms with Crippen molar-refractivity contribution in [3.63, 3.8) is 0 Å². The molecule has 1 saturated carbocycles. The minimum Gasteiger partial charge on any atom is -0.370 e. The van der Waals surface area contributed by atoms with E-state index in [1.807, 2.05) is 0 Å². The quantitative estimate of drug-likeness (QED) is 0.883. The van der Waals surface area contributed by atoms with E-state index in [0.29, 0.717) is 12.0 Å². The van der Waals surface area contributed by atoms with E-state index >= 15 is 0 Å². The second kappa shape index (κ2) is 6.22. The highest BCUT2D eigenvalue weighted by Gasteiger charge is 2.25. The molecule has 0 spiro atoms. The minimum absolute atomic E-state index is 0.425. The Bertz CT molecular complexity index is 411. The van der Waals surface area contributed by atoms with Crippen molar-refractivity contribution >= 4 is 11.6 Å². The summed E-state index contributed by atoms with van der Waals surface area (Å²) in [4.78, 5) is 11.3. The Hall–Kier alpha value is -1.32. The number of nitrogens with one attached hydrogen (secondary N) is 1. The molecule has 1 aliphatic carbocycles. The van der Waals surface area contributed by atoms with E-state index in [-0.39, 0.29) is 0 Å². The van der Waals surface area contributed by atoms with Crippen LogP contribution in [0, 0.1) is 0 Å². The Morgan fingerprint density at radius 3 is 2.58 bits per heavy atom. The Labute approximate surface area is 116 Å². The molecule has 0 unspecified atom stereocenters. The highest BCUT2D eigenvalue weighted by atomic mass is 15.2. The number of hydrogen-bond acceptors (Lipinski definition) is 4. The standard InChI is InChI=1S/C15H26N4/c1-5-16-14-13(11(2)3)15(18-10-17-14)19(4)12-8-6-7-9-12/h10-12H,5-9H2,1-4H3,(H,16,17,18). The molecule has 1 heterocycles. The Balaban J connectivity index is 2.34. The van der Waals surface area contributed by atoms with Gasteiger partial charge in [-0.3, -0.25) is 0 Å². The van der Waals surface area contributed by atoms with Crippen molar-refractivity contribution in [3.05, 3.63) is 11.9 Å². The summed E-state index contributed by atoms with van der Waals surface area (Å²) < 4.78 is 0. The molecule has 1 N–H and O–H groups in total. The summed E-state index contributed by atoms with van der Waals surface area (Å²) in [6, 6.07) is 0.641. The van der Waals surface area contributed by atoms with Crippen molar-refractivity contribution in [1.82, 2.24) is 9.97 Å². The lowest BCUT2D eigenvalue weighted by Gasteiger charge is -2.29. The predicted octanol–water partition coefficient (Wildman–Crippen LogP) is 3.41. The molecule has 0 bridgehead atoms. The molecule has 1 aromatic heterocycles. The first kappa shape index (κ1) is 14.1. The fourth-order valence-electron chi connectivity index (χ4n) is 2.97. The SMILES string of the molecule is CCNc1ncnc(N(C)C2CCCC2)c1C(C)C. The maximum atomic E-state index is 4.56. The van der Waals surface area contributed by atoms with Crippen molar-refractivity contribution in [3.8, 4) is 0 Å². The first-order valence-corrected chi connectivity index (χ1v) is 7.46. The zero-order valence-electron chi connectivity index (χ0n) is 12.6. The van der Waals surface area contributed by atoms with Gasteiger partial charge in [0.2, 0.25) is 0 Å². The van der Waals surface area contributed by atoms with E-state index < -0.39 is 0 Å². The van der Waals surface area contributed by atoms with Crippen LogP contribution < -0.4 is 10.2 Å². The summed E-state index contributed by atoms with van der Waals surface area (Å²) in [5.74, 6) is 2.52. The molecular formula is C15H26N4. The van der Waals surface area contributed by atoms with Crippen LogP contribution in [0.2, 0.25) is 0 Å². The maximum absolute atomic E-state index is 4.56. The van der Waals surface area contributed by atoms with Gasteiger partial charge in [0.1, 0.15) is 18.0 Å². The third-order valence-electron chi connectivity index (χ3n) is 3.99. The van der Waals surface area contributed by atoms with Gasteiger partial charge in [-0.15, -0.1) is 0 Å². The van der Waals surface area contributed by atoms with Crippen LogP contribution in [0.5, 0.6) is 0 Å². The Morgan fingerprint density at radius 1 is 1.32 bits per heavy atom. The molecule has 0 aromatic carbocycles. The van der Waals surface area contributed by atoms with Crippen molar-refractivity contribution in [2.75, 3.05) is 23.8 Å². The molecule has 4 heteroatoms. The van der Waals surface area contributed by atoms with Crippen LogP contribution >= 0.6 is 0 Å². The zero-order chi connectivity index (χ0) is 13.8. The van der Waals surface area contributed by atoms with Crippen molar-refractivity contribution in [2.45, 2.75) is 58.4 Å².